The van der Waals surface area contributed by atoms with Gasteiger partial charge in [-0.15, -0.1) is 11.3 Å². The molecule has 0 unspecified atom stereocenters. The van der Waals surface area contributed by atoms with E-state index in [2.05, 4.69) is 0 Å². The zero-order chi connectivity index (χ0) is 15.7. The van der Waals surface area contributed by atoms with Crippen LogP contribution in [0.25, 0.3) is 10.4 Å². The molecule has 0 fully saturated rings. The Kier molecular flexibility index (Phi) is 3.90. The molecule has 0 amide bonds. The Bertz CT molecular complexity index is 742. The van der Waals surface area contributed by atoms with Crippen molar-refractivity contribution in [1.82, 2.24) is 0 Å². The van der Waals surface area contributed by atoms with Crippen LogP contribution in [-0.2, 0) is 6.42 Å². The number of non-ortho nitro benzene ring substituents is 1. The Morgan fingerprint density at radius 1 is 1.48 bits per heavy atom. The van der Waals surface area contributed by atoms with E-state index in [0.29, 0.717) is 16.9 Å². The van der Waals surface area contributed by atoms with Crippen LogP contribution in [0.1, 0.15) is 22.2 Å². The molecular weight excluding hydrogens is 299 g/mol. The molecule has 2 rings (SSSR count). The highest BCUT2D eigenvalue weighted by molar-refractivity contribution is 7.18. The lowest BCUT2D eigenvalue weighted by atomic mass is 10.1. The monoisotopic (exact) mass is 310 g/mol. The number of hydrogen-bond acceptors (Lipinski definition) is 5. The van der Waals surface area contributed by atoms with Gasteiger partial charge in [-0.25, -0.2) is 9.18 Å². The third-order valence-corrected chi connectivity index (χ3v) is 4.24. The van der Waals surface area contributed by atoms with Crippen molar-refractivity contribution in [3.05, 3.63) is 44.6 Å². The smallest absolute Gasteiger partial charge is 0.348 e. The number of nitrogen functional groups attached to an aromatic ring is 1. The van der Waals surface area contributed by atoms with Gasteiger partial charge < -0.3 is 10.8 Å². The lowest BCUT2D eigenvalue weighted by Gasteiger charge is -2.03. The molecule has 0 atom stereocenters. The van der Waals surface area contributed by atoms with Crippen LogP contribution in [0, 0.1) is 15.9 Å². The second-order valence-corrected chi connectivity index (χ2v) is 5.29. The maximum atomic E-state index is 13.5. The largest absolute Gasteiger partial charge is 0.477 e. The summed E-state index contributed by atoms with van der Waals surface area (Å²) in [6.45, 7) is 1.78. The Morgan fingerprint density at radius 3 is 2.67 bits per heavy atom. The van der Waals surface area contributed by atoms with Crippen LogP contribution in [0.15, 0.2) is 18.2 Å². The molecule has 0 saturated heterocycles. The highest BCUT2D eigenvalue weighted by atomic mass is 32.1. The Balaban J connectivity index is 2.69. The topological polar surface area (TPSA) is 106 Å². The summed E-state index contributed by atoms with van der Waals surface area (Å²) in [6.07, 6.45) is 0.440. The molecule has 1 heterocycles. The number of benzene rings is 1. The van der Waals surface area contributed by atoms with Gasteiger partial charge in [0.25, 0.3) is 5.69 Å². The molecule has 1 aromatic heterocycles. The predicted octanol–water partition coefficient (Wildman–Crippen LogP) is 3.31. The average molecular weight is 310 g/mol. The summed E-state index contributed by atoms with van der Waals surface area (Å²) >= 11 is 0.887. The van der Waals surface area contributed by atoms with E-state index < -0.39 is 22.4 Å². The van der Waals surface area contributed by atoms with Crippen molar-refractivity contribution in [1.29, 1.82) is 0 Å². The van der Waals surface area contributed by atoms with Gasteiger partial charge in [-0.3, -0.25) is 10.1 Å². The van der Waals surface area contributed by atoms with Gasteiger partial charge >= 0.3 is 5.97 Å². The van der Waals surface area contributed by atoms with Crippen LogP contribution >= 0.6 is 11.3 Å². The molecule has 8 heteroatoms. The van der Waals surface area contributed by atoms with Crippen molar-refractivity contribution in [2.75, 3.05) is 5.73 Å². The molecule has 21 heavy (non-hydrogen) atoms. The number of hydrogen-bond donors (Lipinski definition) is 2. The highest BCUT2D eigenvalue weighted by Gasteiger charge is 2.22. The van der Waals surface area contributed by atoms with Gasteiger partial charge in [0.1, 0.15) is 10.7 Å². The normalized spacial score (nSPS) is 10.6. The molecule has 0 aliphatic carbocycles. The van der Waals surface area contributed by atoms with Crippen molar-refractivity contribution < 1.29 is 19.2 Å². The Morgan fingerprint density at radius 2 is 2.14 bits per heavy atom. The number of nitrogens with zero attached hydrogens (tertiary/aromatic N) is 1. The molecule has 0 saturated carbocycles. The number of nitro groups is 1. The van der Waals surface area contributed by atoms with Crippen LogP contribution in [0.4, 0.5) is 15.8 Å². The fourth-order valence-electron chi connectivity index (χ4n) is 2.03. The summed E-state index contributed by atoms with van der Waals surface area (Å²) in [5, 5.41) is 19.9. The van der Waals surface area contributed by atoms with E-state index in [1.807, 2.05) is 0 Å². The molecule has 0 radical (unpaired) electrons. The molecule has 6 nitrogen and oxygen atoms in total. The molecule has 110 valence electrons. The number of rotatable bonds is 4. The van der Waals surface area contributed by atoms with E-state index >= 15 is 0 Å². The molecule has 2 aromatic rings. The second kappa shape index (κ2) is 5.49. The predicted molar refractivity (Wildman–Crippen MR) is 77.1 cm³/mol. The fourth-order valence-corrected chi connectivity index (χ4v) is 3.17. The van der Waals surface area contributed by atoms with Gasteiger partial charge in [0.05, 0.1) is 16.7 Å². The first-order valence-electron chi connectivity index (χ1n) is 5.95. The lowest BCUT2D eigenvalue weighted by Crippen LogP contribution is -1.99. The lowest BCUT2D eigenvalue weighted by molar-refractivity contribution is -0.385. The first-order chi connectivity index (χ1) is 9.85. The number of anilines is 1. The van der Waals surface area contributed by atoms with E-state index in [1.54, 1.807) is 6.92 Å². The van der Waals surface area contributed by atoms with E-state index in [-0.39, 0.29) is 16.1 Å². The summed E-state index contributed by atoms with van der Waals surface area (Å²) < 4.78 is 13.5. The number of halogens is 1. The first kappa shape index (κ1) is 14.9. The number of carbonyl (C=O) groups is 1. The van der Waals surface area contributed by atoms with E-state index in [0.717, 1.165) is 23.5 Å². The number of thiophene rings is 1. The Hall–Kier alpha value is -2.48. The maximum Gasteiger partial charge on any atom is 0.348 e. The summed E-state index contributed by atoms with van der Waals surface area (Å²) in [5.74, 6) is -1.94. The molecule has 0 bridgehead atoms. The molecule has 1 aromatic carbocycles. The zero-order valence-corrected chi connectivity index (χ0v) is 11.7. The molecule has 3 N–H and O–H groups in total. The van der Waals surface area contributed by atoms with Crippen LogP contribution < -0.4 is 5.73 Å². The standard InChI is InChI=1S/C13H11FN2O4S/c1-2-9-10(15)12(13(17)18)21-11(9)6-3-7(14)5-8(4-6)16(19)20/h3-5H,2,15H2,1H3,(H,17,18). The van der Waals surface area contributed by atoms with E-state index in [4.69, 9.17) is 10.8 Å². The first-order valence-corrected chi connectivity index (χ1v) is 6.76. The third kappa shape index (κ3) is 2.70. The van der Waals surface area contributed by atoms with E-state index in [9.17, 15) is 19.3 Å². The number of aromatic carboxylic acids is 1. The minimum atomic E-state index is -1.18. The molecule has 0 aliphatic heterocycles. The van der Waals surface area contributed by atoms with Gasteiger partial charge in [0.15, 0.2) is 0 Å². The van der Waals surface area contributed by atoms with Crippen molar-refractivity contribution >= 4 is 28.7 Å². The van der Waals surface area contributed by atoms with E-state index in [1.165, 1.54) is 6.07 Å². The van der Waals surface area contributed by atoms with Gasteiger partial charge in [0, 0.05) is 16.5 Å². The average Bonchev–Trinajstić information content (AvgIpc) is 2.75. The maximum absolute atomic E-state index is 13.5. The number of nitrogens with two attached hydrogens (primary N) is 1. The minimum absolute atomic E-state index is 0.0474. The van der Waals surface area contributed by atoms with Crippen LogP contribution in [-0.4, -0.2) is 16.0 Å². The SMILES string of the molecule is CCc1c(-c2cc(F)cc([N+](=O)[O-])c2)sc(C(=O)O)c1N. The highest BCUT2D eigenvalue weighted by Crippen LogP contribution is 2.40. The van der Waals surface area contributed by atoms with Crippen molar-refractivity contribution in [2.45, 2.75) is 13.3 Å². The summed E-state index contributed by atoms with van der Waals surface area (Å²) in [6, 6.07) is 3.15. The summed E-state index contributed by atoms with van der Waals surface area (Å²) in [5.41, 5.74) is 6.33. The number of nitro benzene ring substituents is 1. The van der Waals surface area contributed by atoms with Crippen molar-refractivity contribution in [3.8, 4) is 10.4 Å². The second-order valence-electron chi connectivity index (χ2n) is 4.27. The van der Waals surface area contributed by atoms with Crippen LogP contribution in [0.3, 0.4) is 0 Å². The number of carboxylic acids is 1. The molecule has 0 aliphatic rings. The van der Waals surface area contributed by atoms with Crippen LogP contribution in [0.2, 0.25) is 0 Å². The molecule has 0 spiro atoms. The third-order valence-electron chi connectivity index (χ3n) is 2.95. The summed E-state index contributed by atoms with van der Waals surface area (Å²) in [7, 11) is 0. The van der Waals surface area contributed by atoms with Gasteiger partial charge in [-0.1, -0.05) is 6.92 Å². The van der Waals surface area contributed by atoms with Crippen molar-refractivity contribution in [3.63, 3.8) is 0 Å². The van der Waals surface area contributed by atoms with Gasteiger partial charge in [-0.2, -0.15) is 0 Å². The zero-order valence-electron chi connectivity index (χ0n) is 10.9. The summed E-state index contributed by atoms with van der Waals surface area (Å²) in [4.78, 5) is 21.6. The number of carboxylic acid groups (broad SMARTS) is 1. The van der Waals surface area contributed by atoms with Crippen LogP contribution in [0.5, 0.6) is 0 Å². The minimum Gasteiger partial charge on any atom is -0.477 e. The van der Waals surface area contributed by atoms with Gasteiger partial charge in [0.2, 0.25) is 0 Å². The van der Waals surface area contributed by atoms with Gasteiger partial charge in [-0.05, 0) is 18.1 Å². The molecular formula is C13H11FN2O4S. The Labute approximate surface area is 122 Å². The fraction of sp³-hybridized carbons (Fsp3) is 0.154. The van der Waals surface area contributed by atoms with Crippen molar-refractivity contribution in [2.24, 2.45) is 0 Å². The quantitative estimate of drug-likeness (QED) is 0.665.